The van der Waals surface area contributed by atoms with E-state index in [-0.39, 0.29) is 5.82 Å². The molecule has 0 radical (unpaired) electrons. The lowest BCUT2D eigenvalue weighted by molar-refractivity contribution is -0.137. The molecule has 0 aliphatic rings. The topological polar surface area (TPSA) is 88.6 Å². The van der Waals surface area contributed by atoms with Crippen molar-refractivity contribution in [2.75, 3.05) is 0 Å². The molecule has 0 aliphatic heterocycles. The molecule has 0 aliphatic carbocycles. The van der Waals surface area contributed by atoms with Crippen molar-refractivity contribution in [3.63, 3.8) is 0 Å². The number of sulfone groups is 1. The predicted molar refractivity (Wildman–Crippen MR) is 68.1 cm³/mol. The summed E-state index contributed by atoms with van der Waals surface area (Å²) < 4.78 is 64.4. The average Bonchev–Trinajstić information content (AvgIpc) is 2.82. The van der Waals surface area contributed by atoms with E-state index in [4.69, 9.17) is 5.26 Å². The molecule has 0 amide bonds. The van der Waals surface area contributed by atoms with Crippen LogP contribution in [0.3, 0.4) is 0 Å². The van der Waals surface area contributed by atoms with Gasteiger partial charge in [-0.1, -0.05) is 0 Å². The molecule has 2 aromatic rings. The van der Waals surface area contributed by atoms with E-state index < -0.39 is 37.8 Å². The van der Waals surface area contributed by atoms with Crippen molar-refractivity contribution < 1.29 is 21.6 Å². The first-order valence-corrected chi connectivity index (χ1v) is 7.47. The second-order valence-corrected chi connectivity index (χ2v) is 6.42. The molecule has 10 heteroatoms. The zero-order valence-electron chi connectivity index (χ0n) is 11.2. The Morgan fingerprint density at radius 1 is 1.36 bits per heavy atom. The van der Waals surface area contributed by atoms with Crippen LogP contribution in [0.4, 0.5) is 13.2 Å². The van der Waals surface area contributed by atoms with E-state index >= 15 is 0 Å². The number of alkyl halides is 3. The fourth-order valence-electron chi connectivity index (χ4n) is 1.74. The van der Waals surface area contributed by atoms with Gasteiger partial charge in [0.05, 0.1) is 22.1 Å². The molecule has 1 heterocycles. The highest BCUT2D eigenvalue weighted by Crippen LogP contribution is 2.33. The number of aryl methyl sites for hydroxylation is 1. The molecular formula is C12H9F3N4O2S. The molecule has 2 rings (SSSR count). The molecule has 0 spiro atoms. The van der Waals surface area contributed by atoms with Crippen molar-refractivity contribution in [2.24, 2.45) is 7.05 Å². The molecule has 1 aromatic heterocycles. The Labute approximate surface area is 123 Å². The van der Waals surface area contributed by atoms with E-state index in [9.17, 15) is 21.6 Å². The number of halogens is 3. The Hall–Kier alpha value is -2.41. The van der Waals surface area contributed by atoms with E-state index in [2.05, 4.69) is 10.2 Å². The van der Waals surface area contributed by atoms with Gasteiger partial charge >= 0.3 is 6.18 Å². The second-order valence-electron chi connectivity index (χ2n) is 4.43. The van der Waals surface area contributed by atoms with Gasteiger partial charge in [-0.05, 0) is 18.2 Å². The lowest BCUT2D eigenvalue weighted by atomic mass is 10.1. The number of rotatable bonds is 3. The number of aromatic nitrogens is 3. The van der Waals surface area contributed by atoms with Crippen LogP contribution in [0.15, 0.2) is 29.4 Å². The summed E-state index contributed by atoms with van der Waals surface area (Å²) in [7, 11) is -2.53. The molecule has 116 valence electrons. The fourth-order valence-corrected chi connectivity index (χ4v) is 3.08. The highest BCUT2D eigenvalue weighted by atomic mass is 32.2. The lowest BCUT2D eigenvalue weighted by Gasteiger charge is -2.11. The third kappa shape index (κ3) is 3.09. The number of nitrogens with zero attached hydrogens (tertiary/aromatic N) is 4. The van der Waals surface area contributed by atoms with Crippen LogP contribution in [0.2, 0.25) is 0 Å². The Bertz CT molecular complexity index is 850. The van der Waals surface area contributed by atoms with Crippen LogP contribution in [0.1, 0.15) is 17.0 Å². The first-order valence-electron chi connectivity index (χ1n) is 5.82. The Balaban J connectivity index is 2.49. The van der Waals surface area contributed by atoms with E-state index in [0.717, 1.165) is 12.1 Å². The van der Waals surface area contributed by atoms with Gasteiger partial charge in [0.2, 0.25) is 0 Å². The number of hydrogen-bond acceptors (Lipinski definition) is 5. The minimum absolute atomic E-state index is 0.0953. The molecule has 0 saturated carbocycles. The van der Waals surface area contributed by atoms with Crippen molar-refractivity contribution in [2.45, 2.75) is 16.8 Å². The summed E-state index contributed by atoms with van der Waals surface area (Å²) in [6, 6.07) is 3.67. The molecule has 0 unspecified atom stereocenters. The SMILES string of the molecule is Cn1cnnc1CS(=O)(=O)c1ccc(C#N)c(C(F)(F)F)c1. The maximum Gasteiger partial charge on any atom is 0.417 e. The third-order valence-corrected chi connectivity index (χ3v) is 4.51. The van der Waals surface area contributed by atoms with Crippen molar-refractivity contribution >= 4 is 9.84 Å². The van der Waals surface area contributed by atoms with E-state index in [1.165, 1.54) is 24.0 Å². The van der Waals surface area contributed by atoms with Gasteiger partial charge in [0.25, 0.3) is 0 Å². The van der Waals surface area contributed by atoms with Gasteiger partial charge in [0.15, 0.2) is 9.84 Å². The molecule has 6 nitrogen and oxygen atoms in total. The van der Waals surface area contributed by atoms with Crippen LogP contribution in [0.25, 0.3) is 0 Å². The lowest BCUT2D eigenvalue weighted by Crippen LogP contribution is -2.13. The van der Waals surface area contributed by atoms with Crippen LogP contribution in [0.5, 0.6) is 0 Å². The first kappa shape index (κ1) is 16.0. The molecular weight excluding hydrogens is 321 g/mol. The summed E-state index contributed by atoms with van der Waals surface area (Å²) in [5.41, 5.74) is -1.92. The van der Waals surface area contributed by atoms with Crippen molar-refractivity contribution in [1.29, 1.82) is 5.26 Å². The van der Waals surface area contributed by atoms with Crippen molar-refractivity contribution in [3.05, 3.63) is 41.5 Å². The molecule has 1 aromatic carbocycles. The summed E-state index contributed by atoms with van der Waals surface area (Å²) in [5.74, 6) is -0.495. The highest BCUT2D eigenvalue weighted by molar-refractivity contribution is 7.90. The molecule has 22 heavy (non-hydrogen) atoms. The number of nitriles is 1. The van der Waals surface area contributed by atoms with Crippen LogP contribution >= 0.6 is 0 Å². The monoisotopic (exact) mass is 330 g/mol. The van der Waals surface area contributed by atoms with Gasteiger partial charge in [0, 0.05) is 7.05 Å². The fraction of sp³-hybridized carbons (Fsp3) is 0.250. The minimum Gasteiger partial charge on any atom is -0.320 e. The number of hydrogen-bond donors (Lipinski definition) is 0. The molecule has 0 bridgehead atoms. The summed E-state index contributed by atoms with van der Waals surface area (Å²) >= 11 is 0. The molecule has 0 atom stereocenters. The van der Waals surface area contributed by atoms with Crippen LogP contribution in [0, 0.1) is 11.3 Å². The summed E-state index contributed by atoms with van der Waals surface area (Å²) in [4.78, 5) is -0.526. The predicted octanol–water partition coefficient (Wildman–Crippen LogP) is 1.68. The Kier molecular flexibility index (Phi) is 3.93. The highest BCUT2D eigenvalue weighted by Gasteiger charge is 2.35. The largest absolute Gasteiger partial charge is 0.417 e. The maximum atomic E-state index is 12.9. The van der Waals surface area contributed by atoms with Gasteiger partial charge in [-0.15, -0.1) is 10.2 Å². The van der Waals surface area contributed by atoms with E-state index in [0.29, 0.717) is 6.07 Å². The van der Waals surface area contributed by atoms with Gasteiger partial charge in [-0.3, -0.25) is 0 Å². The maximum absolute atomic E-state index is 12.9. The molecule has 0 fully saturated rings. The Morgan fingerprint density at radius 3 is 2.55 bits per heavy atom. The number of benzene rings is 1. The van der Waals surface area contributed by atoms with Crippen LogP contribution in [-0.4, -0.2) is 23.2 Å². The van der Waals surface area contributed by atoms with Gasteiger partial charge in [0.1, 0.15) is 17.9 Å². The third-order valence-electron chi connectivity index (χ3n) is 2.90. The second kappa shape index (κ2) is 5.42. The Morgan fingerprint density at radius 2 is 2.05 bits per heavy atom. The standard InChI is InChI=1S/C12H9F3N4O2S/c1-19-7-17-18-11(19)6-22(20,21)9-3-2-8(5-16)10(4-9)12(13,14)15/h2-4,7H,6H2,1H3. The van der Waals surface area contributed by atoms with Crippen LogP contribution < -0.4 is 0 Å². The molecule has 0 saturated heterocycles. The minimum atomic E-state index is -4.82. The smallest absolute Gasteiger partial charge is 0.320 e. The summed E-state index contributed by atoms with van der Waals surface area (Å²) in [6.45, 7) is 0. The van der Waals surface area contributed by atoms with Crippen molar-refractivity contribution in [3.8, 4) is 6.07 Å². The summed E-state index contributed by atoms with van der Waals surface area (Å²) in [5, 5.41) is 15.8. The normalized spacial score (nSPS) is 12.1. The van der Waals surface area contributed by atoms with Crippen molar-refractivity contribution in [1.82, 2.24) is 14.8 Å². The zero-order valence-corrected chi connectivity index (χ0v) is 12.0. The zero-order chi connectivity index (χ0) is 16.5. The quantitative estimate of drug-likeness (QED) is 0.854. The van der Waals surface area contributed by atoms with Crippen LogP contribution in [-0.2, 0) is 28.8 Å². The summed E-state index contributed by atoms with van der Waals surface area (Å²) in [6.07, 6.45) is -3.54. The van der Waals surface area contributed by atoms with Gasteiger partial charge in [-0.25, -0.2) is 8.42 Å². The first-order chi connectivity index (χ1) is 10.1. The van der Waals surface area contributed by atoms with Gasteiger partial charge < -0.3 is 4.57 Å². The van der Waals surface area contributed by atoms with E-state index in [1.54, 1.807) is 0 Å². The van der Waals surface area contributed by atoms with Gasteiger partial charge in [-0.2, -0.15) is 18.4 Å². The average molecular weight is 330 g/mol. The molecule has 0 N–H and O–H groups in total. The van der Waals surface area contributed by atoms with E-state index in [1.807, 2.05) is 0 Å².